The summed E-state index contributed by atoms with van der Waals surface area (Å²) in [5, 5.41) is 0. The fourth-order valence-electron chi connectivity index (χ4n) is 2.83. The molecular weight excluding hydrogens is 234 g/mol. The Hall–Kier alpha value is -0.220. The molecule has 18 heavy (non-hydrogen) atoms. The first kappa shape index (κ1) is 15.8. The van der Waals surface area contributed by atoms with Gasteiger partial charge in [-0.2, -0.15) is 0 Å². The van der Waals surface area contributed by atoms with Crippen molar-refractivity contribution in [3.05, 3.63) is 0 Å². The zero-order valence-corrected chi connectivity index (χ0v) is 12.1. The van der Waals surface area contributed by atoms with Crippen LogP contribution in [0.3, 0.4) is 0 Å². The Morgan fingerprint density at radius 2 is 1.67 bits per heavy atom. The summed E-state index contributed by atoms with van der Waals surface area (Å²) in [5.74, 6) is -2.92. The second kappa shape index (κ2) is 7.39. The Morgan fingerprint density at radius 1 is 1.06 bits per heavy atom. The molecule has 1 atom stereocenters. The number of likely N-dealkylation sites (tertiary alicyclic amines) is 2. The van der Waals surface area contributed by atoms with Crippen LogP contribution >= 0.6 is 0 Å². The quantitative estimate of drug-likeness (QED) is 0.754. The molecule has 0 aromatic carbocycles. The van der Waals surface area contributed by atoms with E-state index in [1.165, 1.54) is 19.3 Å². The largest absolute Gasteiger partial charge is 0.303 e. The molecule has 1 unspecified atom stereocenters. The SMILES string of the molecule is CC.CN1CCC(CN2CCCCC2)C(F)(F)C1. The Balaban J connectivity index is 0.000000771. The van der Waals surface area contributed by atoms with Crippen LogP contribution in [0.1, 0.15) is 39.5 Å². The van der Waals surface area contributed by atoms with Gasteiger partial charge in [0.1, 0.15) is 0 Å². The maximum absolute atomic E-state index is 13.8. The topological polar surface area (TPSA) is 6.48 Å². The van der Waals surface area contributed by atoms with Crippen LogP contribution in [0.15, 0.2) is 0 Å². The number of piperidine rings is 2. The maximum atomic E-state index is 13.8. The Morgan fingerprint density at radius 3 is 2.22 bits per heavy atom. The molecule has 0 N–H and O–H groups in total. The summed E-state index contributed by atoms with van der Waals surface area (Å²) in [4.78, 5) is 3.97. The first-order valence-corrected chi connectivity index (χ1v) is 7.37. The molecule has 2 saturated heterocycles. The van der Waals surface area contributed by atoms with Crippen LogP contribution in [-0.2, 0) is 0 Å². The van der Waals surface area contributed by atoms with Crippen LogP contribution in [0.25, 0.3) is 0 Å². The minimum Gasteiger partial charge on any atom is -0.303 e. The van der Waals surface area contributed by atoms with Crippen LogP contribution < -0.4 is 0 Å². The van der Waals surface area contributed by atoms with Crippen molar-refractivity contribution >= 4 is 0 Å². The van der Waals surface area contributed by atoms with Gasteiger partial charge in [0.2, 0.25) is 0 Å². The molecule has 0 bridgehead atoms. The molecule has 0 spiro atoms. The lowest BCUT2D eigenvalue weighted by atomic mass is 9.92. The van der Waals surface area contributed by atoms with Crippen LogP contribution in [0, 0.1) is 5.92 Å². The molecule has 4 heteroatoms. The lowest BCUT2D eigenvalue weighted by Crippen LogP contribution is -2.51. The minimum atomic E-state index is -2.50. The van der Waals surface area contributed by atoms with Gasteiger partial charge >= 0.3 is 0 Å². The molecule has 0 aromatic heterocycles. The number of rotatable bonds is 2. The average Bonchev–Trinajstić information content (AvgIpc) is 2.36. The predicted octanol–water partition coefficient (Wildman–Crippen LogP) is 3.09. The van der Waals surface area contributed by atoms with Crippen molar-refractivity contribution in [2.75, 3.05) is 39.8 Å². The van der Waals surface area contributed by atoms with Gasteiger partial charge in [0.15, 0.2) is 0 Å². The molecule has 0 amide bonds. The number of alkyl halides is 2. The summed E-state index contributed by atoms with van der Waals surface area (Å²) < 4.78 is 27.6. The minimum absolute atomic E-state index is 0.0640. The fraction of sp³-hybridized carbons (Fsp3) is 1.00. The molecule has 108 valence electrons. The van der Waals surface area contributed by atoms with E-state index in [9.17, 15) is 8.78 Å². The van der Waals surface area contributed by atoms with Crippen molar-refractivity contribution in [3.8, 4) is 0 Å². The lowest BCUT2D eigenvalue weighted by Gasteiger charge is -2.39. The maximum Gasteiger partial charge on any atom is 0.264 e. The van der Waals surface area contributed by atoms with E-state index in [0.29, 0.717) is 13.0 Å². The highest BCUT2D eigenvalue weighted by molar-refractivity contribution is 4.87. The third kappa shape index (κ3) is 4.47. The second-order valence-electron chi connectivity index (χ2n) is 5.35. The highest BCUT2D eigenvalue weighted by Crippen LogP contribution is 2.33. The van der Waals surface area contributed by atoms with Crippen molar-refractivity contribution in [2.24, 2.45) is 5.92 Å². The molecule has 0 aromatic rings. The van der Waals surface area contributed by atoms with E-state index in [1.807, 2.05) is 13.8 Å². The Kier molecular flexibility index (Phi) is 6.50. The van der Waals surface area contributed by atoms with Gasteiger partial charge in [0.25, 0.3) is 5.92 Å². The normalized spacial score (nSPS) is 29.5. The van der Waals surface area contributed by atoms with Gasteiger partial charge in [-0.1, -0.05) is 20.3 Å². The summed E-state index contributed by atoms with van der Waals surface area (Å²) in [5.41, 5.74) is 0. The third-order valence-electron chi connectivity index (χ3n) is 3.86. The number of nitrogens with zero attached hydrogens (tertiary/aromatic N) is 2. The molecule has 2 nitrogen and oxygen atoms in total. The van der Waals surface area contributed by atoms with E-state index in [0.717, 1.165) is 19.6 Å². The van der Waals surface area contributed by atoms with Crippen molar-refractivity contribution in [1.82, 2.24) is 9.80 Å². The highest BCUT2D eigenvalue weighted by Gasteiger charge is 2.43. The van der Waals surface area contributed by atoms with Gasteiger partial charge in [0.05, 0.1) is 6.54 Å². The first-order chi connectivity index (χ1) is 8.58. The zero-order chi connectivity index (χ0) is 13.6. The van der Waals surface area contributed by atoms with E-state index < -0.39 is 11.8 Å². The molecule has 2 fully saturated rings. The molecule has 0 aliphatic carbocycles. The van der Waals surface area contributed by atoms with Crippen LogP contribution in [-0.4, -0.2) is 55.5 Å². The van der Waals surface area contributed by atoms with Crippen LogP contribution in [0.4, 0.5) is 8.78 Å². The number of hydrogen-bond acceptors (Lipinski definition) is 2. The van der Waals surface area contributed by atoms with Gasteiger partial charge in [-0.15, -0.1) is 0 Å². The van der Waals surface area contributed by atoms with Gasteiger partial charge < -0.3 is 9.80 Å². The molecule has 2 heterocycles. The van der Waals surface area contributed by atoms with Crippen LogP contribution in [0.2, 0.25) is 0 Å². The monoisotopic (exact) mass is 262 g/mol. The van der Waals surface area contributed by atoms with E-state index >= 15 is 0 Å². The molecule has 0 saturated carbocycles. The molecule has 2 aliphatic heterocycles. The number of hydrogen-bond donors (Lipinski definition) is 0. The average molecular weight is 262 g/mol. The van der Waals surface area contributed by atoms with E-state index in [4.69, 9.17) is 0 Å². The highest BCUT2D eigenvalue weighted by atomic mass is 19.3. The van der Waals surface area contributed by atoms with Gasteiger partial charge in [0, 0.05) is 12.5 Å². The number of halogens is 2. The molecule has 2 aliphatic rings. The summed E-state index contributed by atoms with van der Waals surface area (Å²) in [6.45, 7) is 7.38. The van der Waals surface area contributed by atoms with Crippen molar-refractivity contribution in [3.63, 3.8) is 0 Å². The van der Waals surface area contributed by atoms with Gasteiger partial charge in [-0.3, -0.25) is 0 Å². The Bertz CT molecular complexity index is 228. The van der Waals surface area contributed by atoms with Crippen molar-refractivity contribution in [2.45, 2.75) is 45.5 Å². The summed E-state index contributed by atoms with van der Waals surface area (Å²) in [6, 6.07) is 0. The molecule has 2 rings (SSSR count). The third-order valence-corrected chi connectivity index (χ3v) is 3.86. The van der Waals surface area contributed by atoms with Crippen molar-refractivity contribution in [1.29, 1.82) is 0 Å². The van der Waals surface area contributed by atoms with E-state index in [-0.39, 0.29) is 6.54 Å². The summed E-state index contributed by atoms with van der Waals surface area (Å²) >= 11 is 0. The van der Waals surface area contributed by atoms with E-state index in [2.05, 4.69) is 4.90 Å². The summed E-state index contributed by atoms with van der Waals surface area (Å²) in [7, 11) is 1.78. The molecule has 0 radical (unpaired) electrons. The summed E-state index contributed by atoms with van der Waals surface area (Å²) in [6.07, 6.45) is 4.26. The van der Waals surface area contributed by atoms with Gasteiger partial charge in [-0.25, -0.2) is 8.78 Å². The van der Waals surface area contributed by atoms with Crippen molar-refractivity contribution < 1.29 is 8.78 Å². The van der Waals surface area contributed by atoms with E-state index in [1.54, 1.807) is 11.9 Å². The second-order valence-corrected chi connectivity index (χ2v) is 5.35. The lowest BCUT2D eigenvalue weighted by molar-refractivity contribution is -0.114. The first-order valence-electron chi connectivity index (χ1n) is 7.37. The Labute approximate surface area is 110 Å². The van der Waals surface area contributed by atoms with Crippen LogP contribution in [0.5, 0.6) is 0 Å². The molecular formula is C14H28F2N2. The standard InChI is InChI=1S/C12H22F2N2.C2H6/c1-15-8-5-11(12(13,14)10-15)9-16-6-3-2-4-7-16;1-2/h11H,2-10H2,1H3;1-2H3. The zero-order valence-electron chi connectivity index (χ0n) is 12.1. The fourth-order valence-corrected chi connectivity index (χ4v) is 2.83. The smallest absolute Gasteiger partial charge is 0.264 e. The van der Waals surface area contributed by atoms with Gasteiger partial charge in [-0.05, 0) is 45.9 Å². The predicted molar refractivity (Wildman–Crippen MR) is 72.2 cm³/mol.